The lowest BCUT2D eigenvalue weighted by Crippen LogP contribution is -2.48. The molecule has 0 aliphatic carbocycles. The van der Waals surface area contributed by atoms with Crippen molar-refractivity contribution >= 4 is 11.8 Å². The van der Waals surface area contributed by atoms with Crippen LogP contribution in [0.1, 0.15) is 49.3 Å². The second-order valence-electron chi connectivity index (χ2n) is 8.19. The zero-order valence-electron chi connectivity index (χ0n) is 19.2. The molecule has 3 rings (SSSR count). The first kappa shape index (κ1) is 24.2. The summed E-state index contributed by atoms with van der Waals surface area (Å²) in [6.07, 6.45) is 1.04. The Hall–Kier alpha value is -3.47. The van der Waals surface area contributed by atoms with E-state index in [4.69, 9.17) is 0 Å². The molecule has 0 saturated heterocycles. The highest BCUT2D eigenvalue weighted by molar-refractivity contribution is 5.87. The average Bonchev–Trinajstić information content (AvgIpc) is 2.86. The van der Waals surface area contributed by atoms with Crippen molar-refractivity contribution < 1.29 is 14.0 Å². The molecule has 172 valence electrons. The van der Waals surface area contributed by atoms with Gasteiger partial charge in [-0.25, -0.2) is 4.39 Å². The molecule has 0 heterocycles. The van der Waals surface area contributed by atoms with Gasteiger partial charge in [0.1, 0.15) is 11.9 Å². The molecule has 5 heteroatoms. The molecular formula is C28H31FN2O2. The van der Waals surface area contributed by atoms with Gasteiger partial charge in [0.2, 0.25) is 11.8 Å². The quantitative estimate of drug-likeness (QED) is 0.460. The monoisotopic (exact) mass is 446 g/mol. The summed E-state index contributed by atoms with van der Waals surface area (Å²) in [5, 5.41) is 2.89. The first-order valence-electron chi connectivity index (χ1n) is 11.4. The number of nitrogens with zero attached hydrogens (tertiary/aromatic N) is 1. The third kappa shape index (κ3) is 6.75. The molecule has 0 saturated carbocycles. The molecule has 1 atom stereocenters. The van der Waals surface area contributed by atoms with E-state index < -0.39 is 6.04 Å². The molecule has 0 aromatic heterocycles. The van der Waals surface area contributed by atoms with Gasteiger partial charge < -0.3 is 10.2 Å². The summed E-state index contributed by atoms with van der Waals surface area (Å²) in [5.41, 5.74) is 2.86. The minimum Gasteiger partial charge on any atom is -0.354 e. The number of hydrogen-bond acceptors (Lipinski definition) is 2. The lowest BCUT2D eigenvalue weighted by atomic mass is 9.88. The third-order valence-corrected chi connectivity index (χ3v) is 5.77. The van der Waals surface area contributed by atoms with E-state index in [0.29, 0.717) is 6.54 Å². The molecule has 0 unspecified atom stereocenters. The average molecular weight is 447 g/mol. The highest BCUT2D eigenvalue weighted by atomic mass is 19.1. The molecule has 0 bridgehead atoms. The van der Waals surface area contributed by atoms with Crippen molar-refractivity contribution in [2.24, 2.45) is 0 Å². The van der Waals surface area contributed by atoms with Gasteiger partial charge in [0.15, 0.2) is 0 Å². The smallest absolute Gasteiger partial charge is 0.242 e. The van der Waals surface area contributed by atoms with Crippen molar-refractivity contribution in [2.45, 2.75) is 45.2 Å². The summed E-state index contributed by atoms with van der Waals surface area (Å²) < 4.78 is 13.4. The zero-order chi connectivity index (χ0) is 23.6. The van der Waals surface area contributed by atoms with Crippen molar-refractivity contribution in [3.05, 3.63) is 107 Å². The van der Waals surface area contributed by atoms with Crippen LogP contribution in [0.25, 0.3) is 0 Å². The van der Waals surface area contributed by atoms with Gasteiger partial charge >= 0.3 is 0 Å². The van der Waals surface area contributed by atoms with E-state index in [0.717, 1.165) is 23.1 Å². The standard InChI is InChI=1S/C28H31FN2O2/c1-3-18-30-28(33)21(2)31(20-22-14-16-25(29)17-15-22)27(32)19-26(23-10-6-4-7-11-23)24-12-8-5-9-13-24/h4-17,21,26H,3,18-20H2,1-2H3,(H,30,33)/t21-/m0/s1. The Balaban J connectivity index is 1.89. The van der Waals surface area contributed by atoms with E-state index in [1.54, 1.807) is 24.0 Å². The number of rotatable bonds is 10. The molecule has 3 aromatic carbocycles. The minimum absolute atomic E-state index is 0.129. The Kier molecular flexibility index (Phi) is 8.76. The first-order chi connectivity index (χ1) is 16.0. The summed E-state index contributed by atoms with van der Waals surface area (Å²) in [5.74, 6) is -0.792. The molecule has 0 aliphatic rings. The lowest BCUT2D eigenvalue weighted by Gasteiger charge is -2.30. The van der Waals surface area contributed by atoms with Crippen molar-refractivity contribution in [2.75, 3.05) is 6.54 Å². The summed E-state index contributed by atoms with van der Waals surface area (Å²) >= 11 is 0. The maximum atomic E-state index is 13.7. The van der Waals surface area contributed by atoms with Crippen LogP contribution in [0.15, 0.2) is 84.9 Å². The van der Waals surface area contributed by atoms with Gasteiger partial charge in [0, 0.05) is 25.4 Å². The zero-order valence-corrected chi connectivity index (χ0v) is 19.2. The molecule has 3 aromatic rings. The molecule has 2 amide bonds. The topological polar surface area (TPSA) is 49.4 Å². The van der Waals surface area contributed by atoms with Gasteiger partial charge in [-0.1, -0.05) is 79.7 Å². The number of carbonyl (C=O) groups is 2. The summed E-state index contributed by atoms with van der Waals surface area (Å²) in [4.78, 5) is 28.0. The van der Waals surface area contributed by atoms with E-state index in [1.165, 1.54) is 12.1 Å². The summed E-state index contributed by atoms with van der Waals surface area (Å²) in [6.45, 7) is 4.51. The molecule has 0 spiro atoms. The largest absolute Gasteiger partial charge is 0.354 e. The second kappa shape index (κ2) is 12.0. The number of halogens is 1. The molecule has 4 nitrogen and oxygen atoms in total. The second-order valence-corrected chi connectivity index (χ2v) is 8.19. The van der Waals surface area contributed by atoms with Gasteiger partial charge in [0.05, 0.1) is 0 Å². The SMILES string of the molecule is CCCNC(=O)[C@H](C)N(Cc1ccc(F)cc1)C(=O)CC(c1ccccc1)c1ccccc1. The van der Waals surface area contributed by atoms with Gasteiger partial charge in [-0.15, -0.1) is 0 Å². The van der Waals surface area contributed by atoms with Crippen LogP contribution in [-0.4, -0.2) is 29.3 Å². The molecule has 0 fully saturated rings. The van der Waals surface area contributed by atoms with Crippen LogP contribution >= 0.6 is 0 Å². The van der Waals surface area contributed by atoms with Crippen molar-refractivity contribution in [3.63, 3.8) is 0 Å². The van der Waals surface area contributed by atoms with Crippen molar-refractivity contribution in [1.82, 2.24) is 10.2 Å². The Labute approximate surface area is 195 Å². The Morgan fingerprint density at radius 1 is 0.879 bits per heavy atom. The van der Waals surface area contributed by atoms with Crippen LogP contribution < -0.4 is 5.32 Å². The predicted octanol–water partition coefficient (Wildman–Crippen LogP) is 5.29. The van der Waals surface area contributed by atoms with Crippen LogP contribution in [0.4, 0.5) is 4.39 Å². The predicted molar refractivity (Wildman–Crippen MR) is 129 cm³/mol. The third-order valence-electron chi connectivity index (χ3n) is 5.77. The Bertz CT molecular complexity index is 983. The Morgan fingerprint density at radius 2 is 1.42 bits per heavy atom. The fourth-order valence-electron chi connectivity index (χ4n) is 3.86. The van der Waals surface area contributed by atoms with E-state index in [2.05, 4.69) is 5.32 Å². The van der Waals surface area contributed by atoms with Crippen LogP contribution in [0.3, 0.4) is 0 Å². The van der Waals surface area contributed by atoms with E-state index in [-0.39, 0.29) is 36.5 Å². The number of nitrogens with one attached hydrogen (secondary N) is 1. The van der Waals surface area contributed by atoms with Gasteiger partial charge in [-0.05, 0) is 42.2 Å². The summed E-state index contributed by atoms with van der Waals surface area (Å²) in [7, 11) is 0. The van der Waals surface area contributed by atoms with E-state index in [9.17, 15) is 14.0 Å². The van der Waals surface area contributed by atoms with Gasteiger partial charge in [-0.3, -0.25) is 9.59 Å². The van der Waals surface area contributed by atoms with Crippen LogP contribution in [0.2, 0.25) is 0 Å². The van der Waals surface area contributed by atoms with Crippen LogP contribution in [0, 0.1) is 5.82 Å². The minimum atomic E-state index is -0.652. The van der Waals surface area contributed by atoms with Crippen molar-refractivity contribution in [1.29, 1.82) is 0 Å². The van der Waals surface area contributed by atoms with Gasteiger partial charge in [0.25, 0.3) is 0 Å². The fraction of sp³-hybridized carbons (Fsp3) is 0.286. The van der Waals surface area contributed by atoms with E-state index >= 15 is 0 Å². The van der Waals surface area contributed by atoms with Crippen molar-refractivity contribution in [3.8, 4) is 0 Å². The van der Waals surface area contributed by atoms with E-state index in [1.807, 2.05) is 67.6 Å². The number of hydrogen-bond donors (Lipinski definition) is 1. The molecule has 33 heavy (non-hydrogen) atoms. The molecule has 0 aliphatic heterocycles. The van der Waals surface area contributed by atoms with Crippen LogP contribution in [-0.2, 0) is 16.1 Å². The van der Waals surface area contributed by atoms with Crippen LogP contribution in [0.5, 0.6) is 0 Å². The molecule has 1 N–H and O–H groups in total. The molecule has 0 radical (unpaired) electrons. The number of amides is 2. The number of benzene rings is 3. The highest BCUT2D eigenvalue weighted by Gasteiger charge is 2.28. The maximum Gasteiger partial charge on any atom is 0.242 e. The number of carbonyl (C=O) groups excluding carboxylic acids is 2. The fourth-order valence-corrected chi connectivity index (χ4v) is 3.86. The first-order valence-corrected chi connectivity index (χ1v) is 11.4. The normalized spacial score (nSPS) is 11.8. The Morgan fingerprint density at radius 3 is 1.94 bits per heavy atom. The summed E-state index contributed by atoms with van der Waals surface area (Å²) in [6, 6.07) is 25.2. The molecular weight excluding hydrogens is 415 g/mol. The maximum absolute atomic E-state index is 13.7. The lowest BCUT2D eigenvalue weighted by molar-refractivity contribution is -0.140. The highest BCUT2D eigenvalue weighted by Crippen LogP contribution is 2.29. The van der Waals surface area contributed by atoms with Gasteiger partial charge in [-0.2, -0.15) is 0 Å².